The van der Waals surface area contributed by atoms with Crippen molar-refractivity contribution in [3.8, 4) is 11.3 Å². The van der Waals surface area contributed by atoms with Gasteiger partial charge in [0.25, 0.3) is 0 Å². The molecule has 0 saturated carbocycles. The molecule has 3 nitrogen and oxygen atoms in total. The van der Waals surface area contributed by atoms with Crippen LogP contribution < -0.4 is 5.32 Å². The summed E-state index contributed by atoms with van der Waals surface area (Å²) in [5.74, 6) is 0.0546. The van der Waals surface area contributed by atoms with Crippen LogP contribution in [0.1, 0.15) is 17.5 Å². The van der Waals surface area contributed by atoms with Gasteiger partial charge in [0.05, 0.1) is 12.1 Å². The third-order valence-corrected chi connectivity index (χ3v) is 4.20. The van der Waals surface area contributed by atoms with E-state index in [1.54, 1.807) is 11.3 Å². The number of nitrogens with zero attached hydrogens (tertiary/aromatic N) is 1. The third-order valence-electron chi connectivity index (χ3n) is 3.31. The molecular weight excluding hydrogens is 268 g/mol. The van der Waals surface area contributed by atoms with Gasteiger partial charge in [0, 0.05) is 22.2 Å². The SMILES string of the molecule is C=CC(=CC)c1nc(-c2ccc3c(c2)CC(=O)N3)cs1. The predicted molar refractivity (Wildman–Crippen MR) is 83.7 cm³/mol. The molecule has 2 heterocycles. The highest BCUT2D eigenvalue weighted by Crippen LogP contribution is 2.31. The van der Waals surface area contributed by atoms with Gasteiger partial charge in [-0.3, -0.25) is 4.79 Å². The van der Waals surface area contributed by atoms with Crippen molar-refractivity contribution in [2.75, 3.05) is 5.32 Å². The lowest BCUT2D eigenvalue weighted by Gasteiger charge is -2.01. The Balaban J connectivity index is 1.97. The first-order valence-corrected chi connectivity index (χ1v) is 7.27. The first-order valence-electron chi connectivity index (χ1n) is 6.39. The van der Waals surface area contributed by atoms with E-state index in [0.717, 1.165) is 33.1 Å². The number of allylic oxidation sites excluding steroid dienone is 3. The van der Waals surface area contributed by atoms with E-state index in [1.807, 2.05) is 42.7 Å². The second-order valence-electron chi connectivity index (χ2n) is 4.58. The van der Waals surface area contributed by atoms with E-state index in [9.17, 15) is 4.79 Å². The van der Waals surface area contributed by atoms with Crippen molar-refractivity contribution in [2.45, 2.75) is 13.3 Å². The van der Waals surface area contributed by atoms with Crippen LogP contribution in [0.15, 0.2) is 42.3 Å². The Kier molecular flexibility index (Phi) is 3.24. The smallest absolute Gasteiger partial charge is 0.228 e. The summed E-state index contributed by atoms with van der Waals surface area (Å²) in [4.78, 5) is 16.0. The molecule has 1 N–H and O–H groups in total. The summed E-state index contributed by atoms with van der Waals surface area (Å²) >= 11 is 1.60. The predicted octanol–water partition coefficient (Wildman–Crippen LogP) is 3.89. The second kappa shape index (κ2) is 5.06. The van der Waals surface area contributed by atoms with Crippen molar-refractivity contribution in [2.24, 2.45) is 0 Å². The van der Waals surface area contributed by atoms with Gasteiger partial charge < -0.3 is 5.32 Å². The molecule has 0 aliphatic carbocycles. The molecule has 4 heteroatoms. The summed E-state index contributed by atoms with van der Waals surface area (Å²) in [6.45, 7) is 5.78. The molecule has 0 saturated heterocycles. The van der Waals surface area contributed by atoms with Gasteiger partial charge in [-0.2, -0.15) is 0 Å². The van der Waals surface area contributed by atoms with Crippen LogP contribution in [0.4, 0.5) is 5.69 Å². The average molecular weight is 282 g/mol. The lowest BCUT2D eigenvalue weighted by Crippen LogP contribution is -2.03. The van der Waals surface area contributed by atoms with Gasteiger partial charge in [-0.05, 0) is 24.6 Å². The number of fused-ring (bicyclic) bond motifs is 1. The summed E-state index contributed by atoms with van der Waals surface area (Å²) in [6, 6.07) is 5.97. The minimum Gasteiger partial charge on any atom is -0.326 e. The van der Waals surface area contributed by atoms with Crippen LogP contribution in [0, 0.1) is 0 Å². The monoisotopic (exact) mass is 282 g/mol. The quantitative estimate of drug-likeness (QED) is 0.868. The highest BCUT2D eigenvalue weighted by atomic mass is 32.1. The molecule has 0 fully saturated rings. The number of hydrogen-bond acceptors (Lipinski definition) is 3. The van der Waals surface area contributed by atoms with E-state index < -0.39 is 0 Å². The molecule has 100 valence electrons. The maximum Gasteiger partial charge on any atom is 0.228 e. The molecule has 1 aromatic heterocycles. The number of aromatic nitrogens is 1. The number of nitrogens with one attached hydrogen (secondary N) is 1. The first-order chi connectivity index (χ1) is 9.71. The maximum atomic E-state index is 11.4. The van der Waals surface area contributed by atoms with Crippen molar-refractivity contribution in [3.05, 3.63) is 52.9 Å². The number of hydrogen-bond donors (Lipinski definition) is 1. The molecule has 1 aromatic carbocycles. The average Bonchev–Trinajstić information content (AvgIpc) is 3.05. The number of rotatable bonds is 3. The number of amides is 1. The summed E-state index contributed by atoms with van der Waals surface area (Å²) in [6.07, 6.45) is 4.27. The Hall–Kier alpha value is -2.20. The lowest BCUT2D eigenvalue weighted by atomic mass is 10.1. The summed E-state index contributed by atoms with van der Waals surface area (Å²) < 4.78 is 0. The molecule has 0 unspecified atom stereocenters. The zero-order chi connectivity index (χ0) is 14.1. The van der Waals surface area contributed by atoms with Crippen LogP contribution in [0.2, 0.25) is 0 Å². The van der Waals surface area contributed by atoms with Crippen LogP contribution in [-0.4, -0.2) is 10.9 Å². The van der Waals surface area contributed by atoms with E-state index in [2.05, 4.69) is 16.9 Å². The largest absolute Gasteiger partial charge is 0.326 e. The van der Waals surface area contributed by atoms with Gasteiger partial charge >= 0.3 is 0 Å². The molecule has 2 aromatic rings. The Bertz CT molecular complexity index is 728. The molecule has 1 amide bonds. The number of carbonyl (C=O) groups excluding carboxylic acids is 1. The van der Waals surface area contributed by atoms with Gasteiger partial charge in [-0.1, -0.05) is 24.8 Å². The van der Waals surface area contributed by atoms with Crippen molar-refractivity contribution in [3.63, 3.8) is 0 Å². The Morgan fingerprint density at radius 1 is 1.50 bits per heavy atom. The van der Waals surface area contributed by atoms with Gasteiger partial charge in [0.2, 0.25) is 5.91 Å². The molecule has 1 aliphatic rings. The van der Waals surface area contributed by atoms with Crippen molar-refractivity contribution < 1.29 is 4.79 Å². The topological polar surface area (TPSA) is 42.0 Å². The van der Waals surface area contributed by atoms with Gasteiger partial charge in [0.1, 0.15) is 5.01 Å². The standard InChI is InChI=1S/C16H14N2OS/c1-3-10(4-2)16-18-14(9-20-16)11-5-6-13-12(7-11)8-15(19)17-13/h3-7,9H,1,8H2,2H3,(H,17,19). The fraction of sp³-hybridized carbons (Fsp3) is 0.125. The van der Waals surface area contributed by atoms with Gasteiger partial charge in [0.15, 0.2) is 0 Å². The Morgan fingerprint density at radius 2 is 2.35 bits per heavy atom. The van der Waals surface area contributed by atoms with Gasteiger partial charge in [-0.25, -0.2) is 4.98 Å². The van der Waals surface area contributed by atoms with E-state index in [0.29, 0.717) is 6.42 Å². The van der Waals surface area contributed by atoms with Crippen LogP contribution in [0.3, 0.4) is 0 Å². The van der Waals surface area contributed by atoms with Crippen molar-refractivity contribution in [1.29, 1.82) is 0 Å². The molecule has 0 bridgehead atoms. The number of carbonyl (C=O) groups is 1. The highest BCUT2D eigenvalue weighted by molar-refractivity contribution is 7.11. The highest BCUT2D eigenvalue weighted by Gasteiger charge is 2.18. The number of thiazole rings is 1. The number of benzene rings is 1. The zero-order valence-electron chi connectivity index (χ0n) is 11.1. The van der Waals surface area contributed by atoms with Crippen molar-refractivity contribution in [1.82, 2.24) is 4.98 Å². The molecule has 1 aliphatic heterocycles. The van der Waals surface area contributed by atoms with Crippen LogP contribution in [0.5, 0.6) is 0 Å². The van der Waals surface area contributed by atoms with Crippen LogP contribution >= 0.6 is 11.3 Å². The molecular formula is C16H14N2OS. The van der Waals surface area contributed by atoms with Crippen LogP contribution in [-0.2, 0) is 11.2 Å². The van der Waals surface area contributed by atoms with Crippen LogP contribution in [0.25, 0.3) is 16.8 Å². The molecule has 0 radical (unpaired) electrons. The Morgan fingerprint density at radius 3 is 3.10 bits per heavy atom. The normalized spacial score (nSPS) is 14.1. The van der Waals surface area contributed by atoms with Gasteiger partial charge in [-0.15, -0.1) is 11.3 Å². The summed E-state index contributed by atoms with van der Waals surface area (Å²) in [5, 5.41) is 5.84. The minimum atomic E-state index is 0.0546. The summed E-state index contributed by atoms with van der Waals surface area (Å²) in [5.41, 5.74) is 4.97. The fourth-order valence-corrected chi connectivity index (χ4v) is 3.16. The number of anilines is 1. The van der Waals surface area contributed by atoms with E-state index in [1.165, 1.54) is 0 Å². The molecule has 0 spiro atoms. The van der Waals surface area contributed by atoms with E-state index >= 15 is 0 Å². The first kappa shape index (κ1) is 12.8. The minimum absolute atomic E-state index is 0.0546. The van der Waals surface area contributed by atoms with Crippen molar-refractivity contribution >= 4 is 28.5 Å². The van der Waals surface area contributed by atoms with E-state index in [-0.39, 0.29) is 5.91 Å². The molecule has 0 atom stereocenters. The maximum absolute atomic E-state index is 11.4. The molecule has 20 heavy (non-hydrogen) atoms. The summed E-state index contributed by atoms with van der Waals surface area (Å²) in [7, 11) is 0. The molecule has 3 rings (SSSR count). The zero-order valence-corrected chi connectivity index (χ0v) is 12.0. The fourth-order valence-electron chi connectivity index (χ4n) is 2.26. The third kappa shape index (κ3) is 2.18. The second-order valence-corrected chi connectivity index (χ2v) is 5.44. The van der Waals surface area contributed by atoms with E-state index in [4.69, 9.17) is 0 Å². The Labute approximate surface area is 121 Å². The lowest BCUT2D eigenvalue weighted by molar-refractivity contribution is -0.115.